The molecule has 0 aliphatic carbocycles. The van der Waals surface area contributed by atoms with Crippen LogP contribution in [0.2, 0.25) is 0 Å². The van der Waals surface area contributed by atoms with E-state index >= 15 is 0 Å². The number of nitrogens with zero attached hydrogens (tertiary/aromatic N) is 2. The lowest BCUT2D eigenvalue weighted by atomic mass is 9.99. The summed E-state index contributed by atoms with van der Waals surface area (Å²) in [5.74, 6) is -0.631. The third-order valence-corrected chi connectivity index (χ3v) is 7.92. The van der Waals surface area contributed by atoms with Crippen molar-refractivity contribution in [3.8, 4) is 5.75 Å². The van der Waals surface area contributed by atoms with Gasteiger partial charge in [0.1, 0.15) is 31.0 Å². The zero-order valence-corrected chi connectivity index (χ0v) is 24.3. The van der Waals surface area contributed by atoms with Gasteiger partial charge in [0.25, 0.3) is 0 Å². The average Bonchev–Trinajstić information content (AvgIpc) is 3.35. The van der Waals surface area contributed by atoms with Crippen molar-refractivity contribution in [1.82, 2.24) is 9.88 Å². The Labute approximate surface area is 256 Å². The van der Waals surface area contributed by atoms with Crippen LogP contribution in [0.25, 0.3) is 10.2 Å². The molecule has 1 aromatic heterocycles. The molecule has 0 radical (unpaired) electrons. The predicted octanol–water partition coefficient (Wildman–Crippen LogP) is 5.92. The number of benzene rings is 4. The Kier molecular flexibility index (Phi) is 9.78. The smallest absolute Gasteiger partial charge is 0.408 e. The van der Waals surface area contributed by atoms with E-state index in [1.165, 1.54) is 0 Å². The number of rotatable bonds is 13. The highest BCUT2D eigenvalue weighted by Crippen LogP contribution is 2.29. The molecule has 10 nitrogen and oxygen atoms in total. The van der Waals surface area contributed by atoms with Crippen LogP contribution >= 0.6 is 11.3 Å². The fraction of sp³-hybridized carbons (Fsp3) is 0.182. The van der Waals surface area contributed by atoms with E-state index in [4.69, 9.17) is 9.47 Å². The molecule has 4 aromatic carbocycles. The van der Waals surface area contributed by atoms with E-state index in [0.717, 1.165) is 32.7 Å². The van der Waals surface area contributed by atoms with Crippen LogP contribution in [-0.2, 0) is 29.1 Å². The molecular formula is C33H29N3O7S. The maximum absolute atomic E-state index is 12.7. The largest absolute Gasteiger partial charge is 0.492 e. The van der Waals surface area contributed by atoms with Crippen molar-refractivity contribution in [2.45, 2.75) is 31.7 Å². The maximum Gasteiger partial charge on any atom is 0.408 e. The van der Waals surface area contributed by atoms with Gasteiger partial charge in [-0.2, -0.15) is 0 Å². The first kappa shape index (κ1) is 30.2. The quantitative estimate of drug-likeness (QED) is 0.158. The number of aliphatic carboxylic acids is 1. The Hall–Kier alpha value is -5.29. The number of carboxylic acids is 1. The number of thiazole rings is 1. The number of carbonyl (C=O) groups is 2. The van der Waals surface area contributed by atoms with Gasteiger partial charge in [0.2, 0.25) is 0 Å². The minimum Gasteiger partial charge on any atom is -0.492 e. The van der Waals surface area contributed by atoms with Gasteiger partial charge in [-0.3, -0.25) is 9.36 Å². The van der Waals surface area contributed by atoms with Crippen molar-refractivity contribution in [1.29, 1.82) is 0 Å². The number of carboxylic acid groups (broad SMARTS) is 1. The molecule has 224 valence electrons. The summed E-state index contributed by atoms with van der Waals surface area (Å²) in [5.41, 5.74) is 3.72. The minimum atomic E-state index is -1.18. The summed E-state index contributed by atoms with van der Waals surface area (Å²) in [5, 5.41) is 15.3. The Morgan fingerprint density at radius 1 is 0.886 bits per heavy atom. The van der Waals surface area contributed by atoms with Crippen molar-refractivity contribution < 1.29 is 24.2 Å². The molecule has 1 heterocycles. The van der Waals surface area contributed by atoms with Crippen molar-refractivity contribution in [2.75, 3.05) is 6.61 Å². The van der Waals surface area contributed by atoms with Crippen LogP contribution in [0.15, 0.2) is 113 Å². The van der Waals surface area contributed by atoms with Crippen molar-refractivity contribution >= 4 is 33.6 Å². The molecular weight excluding hydrogens is 582 g/mol. The molecule has 5 aromatic rings. The second-order valence-electron chi connectivity index (χ2n) is 9.96. The van der Waals surface area contributed by atoms with Crippen LogP contribution in [0.1, 0.15) is 28.3 Å². The van der Waals surface area contributed by atoms with Crippen LogP contribution in [0.4, 0.5) is 4.79 Å². The van der Waals surface area contributed by atoms with Gasteiger partial charge < -0.3 is 19.9 Å². The summed E-state index contributed by atoms with van der Waals surface area (Å²) in [6.07, 6.45) is -0.760. The van der Waals surface area contributed by atoms with Crippen molar-refractivity contribution in [2.24, 2.45) is 5.18 Å². The van der Waals surface area contributed by atoms with Gasteiger partial charge in [-0.05, 0) is 46.5 Å². The first-order valence-corrected chi connectivity index (χ1v) is 14.7. The molecule has 0 aliphatic rings. The second-order valence-corrected chi connectivity index (χ2v) is 11.0. The predicted molar refractivity (Wildman–Crippen MR) is 167 cm³/mol. The molecule has 11 heteroatoms. The number of ether oxygens (including phenoxy) is 2. The SMILES string of the molecule is O=NC(c1ccccc1)c1ccc2c(c1)sc(=O)n2CCOc1ccc(C[C@H](NC(=O)OCc2ccccc2)C(=O)O)cc1. The highest BCUT2D eigenvalue weighted by molar-refractivity contribution is 7.16. The molecule has 44 heavy (non-hydrogen) atoms. The first-order chi connectivity index (χ1) is 21.4. The highest BCUT2D eigenvalue weighted by atomic mass is 32.1. The molecule has 1 unspecified atom stereocenters. The van der Waals surface area contributed by atoms with Gasteiger partial charge in [0.15, 0.2) is 0 Å². The van der Waals surface area contributed by atoms with E-state index in [1.807, 2.05) is 66.7 Å². The molecule has 5 rings (SSSR count). The normalized spacial score (nSPS) is 12.3. The van der Waals surface area contributed by atoms with Crippen LogP contribution in [-0.4, -0.2) is 34.4 Å². The average molecular weight is 612 g/mol. The number of hydrogen-bond donors (Lipinski definition) is 2. The standard InChI is InChI=1S/C33H29N3O7S/c37-31(38)27(34-32(39)43-21-23-7-3-1-4-8-23)19-22-11-14-26(15-12-22)42-18-17-36-28-16-13-25(20-29(28)44-33(36)40)30(35-41)24-9-5-2-6-10-24/h1-16,20,27,30H,17-19,21H2,(H,34,39)(H,37,38)/t27-,30?/m0/s1. The number of aromatic nitrogens is 1. The lowest BCUT2D eigenvalue weighted by Crippen LogP contribution is -2.42. The van der Waals surface area contributed by atoms with Gasteiger partial charge in [-0.25, -0.2) is 9.59 Å². The molecule has 0 saturated carbocycles. The summed E-state index contributed by atoms with van der Waals surface area (Å²) < 4.78 is 13.4. The van der Waals surface area contributed by atoms with E-state index in [0.29, 0.717) is 23.4 Å². The number of carbonyl (C=O) groups excluding carboxylic acids is 1. The number of nitrogens with one attached hydrogen (secondary N) is 1. The molecule has 0 spiro atoms. The maximum atomic E-state index is 12.7. The van der Waals surface area contributed by atoms with Gasteiger partial charge in [-0.1, -0.05) is 95.4 Å². The molecule has 0 aliphatic heterocycles. The van der Waals surface area contributed by atoms with Gasteiger partial charge in [-0.15, -0.1) is 4.91 Å². The van der Waals surface area contributed by atoms with Crippen LogP contribution in [0.5, 0.6) is 5.75 Å². The van der Waals surface area contributed by atoms with E-state index < -0.39 is 24.1 Å². The summed E-state index contributed by atoms with van der Waals surface area (Å²) in [4.78, 5) is 48.1. The Morgan fingerprint density at radius 3 is 2.27 bits per heavy atom. The van der Waals surface area contributed by atoms with Crippen molar-refractivity contribution in [3.05, 3.63) is 140 Å². The number of alkyl carbamates (subject to hydrolysis) is 1. The van der Waals surface area contributed by atoms with Crippen LogP contribution < -0.4 is 14.9 Å². The van der Waals surface area contributed by atoms with Gasteiger partial charge in [0, 0.05) is 6.42 Å². The lowest BCUT2D eigenvalue weighted by molar-refractivity contribution is -0.139. The van der Waals surface area contributed by atoms with E-state index in [-0.39, 0.29) is 24.5 Å². The monoisotopic (exact) mass is 611 g/mol. The number of hydrogen-bond acceptors (Lipinski definition) is 8. The molecule has 1 amide bonds. The Morgan fingerprint density at radius 2 is 1.59 bits per heavy atom. The zero-order chi connectivity index (χ0) is 30.9. The topological polar surface area (TPSA) is 136 Å². The third kappa shape index (κ3) is 7.56. The summed E-state index contributed by atoms with van der Waals surface area (Å²) >= 11 is 1.10. The van der Waals surface area contributed by atoms with E-state index in [1.54, 1.807) is 41.0 Å². The summed E-state index contributed by atoms with van der Waals surface area (Å²) in [6.45, 7) is 0.567. The minimum absolute atomic E-state index is 0.0335. The third-order valence-electron chi connectivity index (χ3n) is 6.98. The molecule has 0 bridgehead atoms. The van der Waals surface area contributed by atoms with Crippen molar-refractivity contribution in [3.63, 3.8) is 0 Å². The summed E-state index contributed by atoms with van der Waals surface area (Å²) in [7, 11) is 0. The van der Waals surface area contributed by atoms with Gasteiger partial charge >= 0.3 is 16.9 Å². The van der Waals surface area contributed by atoms with E-state index in [9.17, 15) is 24.4 Å². The molecule has 0 saturated heterocycles. The Balaban J connectivity index is 1.15. The molecule has 2 atom stereocenters. The first-order valence-electron chi connectivity index (χ1n) is 13.8. The lowest BCUT2D eigenvalue weighted by Gasteiger charge is -2.15. The number of nitroso groups, excluding NO2 is 1. The second kappa shape index (κ2) is 14.3. The van der Waals surface area contributed by atoms with Crippen LogP contribution in [0.3, 0.4) is 0 Å². The Bertz CT molecular complexity index is 1790. The number of fused-ring (bicyclic) bond motifs is 1. The fourth-order valence-corrected chi connectivity index (χ4v) is 5.70. The van der Waals surface area contributed by atoms with Crippen LogP contribution in [0, 0.1) is 4.91 Å². The zero-order valence-electron chi connectivity index (χ0n) is 23.5. The number of amides is 1. The fourth-order valence-electron chi connectivity index (χ4n) is 4.73. The summed E-state index contributed by atoms with van der Waals surface area (Å²) in [6, 6.07) is 28.9. The molecule has 2 N–H and O–H groups in total. The highest BCUT2D eigenvalue weighted by Gasteiger charge is 2.21. The van der Waals surface area contributed by atoms with E-state index in [2.05, 4.69) is 10.5 Å². The molecule has 0 fully saturated rings. The van der Waals surface area contributed by atoms with Gasteiger partial charge in [0.05, 0.1) is 16.8 Å².